The lowest BCUT2D eigenvalue weighted by atomic mass is 9.89. The highest BCUT2D eigenvalue weighted by atomic mass is 16.5. The summed E-state index contributed by atoms with van der Waals surface area (Å²) in [5.41, 5.74) is -0.574. The van der Waals surface area contributed by atoms with E-state index in [9.17, 15) is 14.4 Å². The van der Waals surface area contributed by atoms with Gasteiger partial charge in [0.05, 0.1) is 6.04 Å². The van der Waals surface area contributed by atoms with Crippen LogP contribution in [0.15, 0.2) is 39.9 Å². The summed E-state index contributed by atoms with van der Waals surface area (Å²) in [5, 5.41) is 2.93. The largest absolute Gasteiger partial charge is 0.487 e. The maximum Gasteiger partial charge on any atom is 0.331 e. The normalized spacial score (nSPS) is 18.2. The van der Waals surface area contributed by atoms with Crippen molar-refractivity contribution in [2.24, 2.45) is 14.1 Å². The summed E-state index contributed by atoms with van der Waals surface area (Å²) in [7, 11) is 2.85. The zero-order valence-electron chi connectivity index (χ0n) is 14.7. The highest BCUT2D eigenvalue weighted by Gasteiger charge is 2.34. The second kappa shape index (κ2) is 5.91. The minimum atomic E-state index is -0.537. The number of ether oxygens (including phenoxy) is 1. The van der Waals surface area contributed by atoms with Crippen LogP contribution in [-0.4, -0.2) is 20.6 Å². The average Bonchev–Trinajstić information content (AvgIpc) is 2.55. The Morgan fingerprint density at radius 1 is 1.20 bits per heavy atom. The first-order valence-corrected chi connectivity index (χ1v) is 8.05. The number of fused-ring (bicyclic) bond motifs is 1. The van der Waals surface area contributed by atoms with Crippen LogP contribution in [-0.2, 0) is 14.1 Å². The first kappa shape index (κ1) is 17.0. The molecule has 1 atom stereocenters. The number of benzene rings is 1. The summed E-state index contributed by atoms with van der Waals surface area (Å²) in [6.45, 7) is 3.91. The lowest BCUT2D eigenvalue weighted by Gasteiger charge is -2.37. The van der Waals surface area contributed by atoms with Crippen molar-refractivity contribution in [1.29, 1.82) is 0 Å². The van der Waals surface area contributed by atoms with Gasteiger partial charge in [-0.05, 0) is 19.9 Å². The van der Waals surface area contributed by atoms with Crippen LogP contribution in [0, 0.1) is 0 Å². The molecular formula is C18H21N3O4. The topological polar surface area (TPSA) is 82.3 Å². The fourth-order valence-corrected chi connectivity index (χ4v) is 3.11. The van der Waals surface area contributed by atoms with Crippen molar-refractivity contribution in [3.8, 4) is 5.75 Å². The predicted octanol–water partition coefficient (Wildman–Crippen LogP) is 1.12. The van der Waals surface area contributed by atoms with Gasteiger partial charge in [-0.1, -0.05) is 18.2 Å². The van der Waals surface area contributed by atoms with Crippen LogP contribution >= 0.6 is 0 Å². The van der Waals surface area contributed by atoms with Crippen molar-refractivity contribution in [2.45, 2.75) is 31.9 Å². The maximum absolute atomic E-state index is 12.7. The number of nitrogens with zero attached hydrogens (tertiary/aromatic N) is 2. The van der Waals surface area contributed by atoms with Crippen molar-refractivity contribution in [1.82, 2.24) is 14.5 Å². The van der Waals surface area contributed by atoms with Gasteiger partial charge in [-0.2, -0.15) is 0 Å². The first-order chi connectivity index (χ1) is 11.7. The number of rotatable bonds is 2. The fraction of sp³-hybridized carbons (Fsp3) is 0.389. The number of amides is 1. The molecule has 0 radical (unpaired) electrons. The van der Waals surface area contributed by atoms with Crippen molar-refractivity contribution in [2.75, 3.05) is 0 Å². The highest BCUT2D eigenvalue weighted by molar-refractivity contribution is 5.92. The molecule has 1 aliphatic heterocycles. The van der Waals surface area contributed by atoms with Gasteiger partial charge in [-0.25, -0.2) is 4.79 Å². The molecule has 7 nitrogen and oxygen atoms in total. The van der Waals surface area contributed by atoms with E-state index in [1.54, 1.807) is 0 Å². The molecule has 25 heavy (non-hydrogen) atoms. The molecule has 0 saturated heterocycles. The second-order valence-electron chi connectivity index (χ2n) is 6.90. The Morgan fingerprint density at radius 2 is 1.88 bits per heavy atom. The van der Waals surface area contributed by atoms with Crippen LogP contribution in [0.3, 0.4) is 0 Å². The summed E-state index contributed by atoms with van der Waals surface area (Å²) in [5.74, 6) is 0.261. The molecule has 1 N–H and O–H groups in total. The third-order valence-corrected chi connectivity index (χ3v) is 4.44. The molecule has 1 aliphatic rings. The molecule has 0 fully saturated rings. The zero-order valence-corrected chi connectivity index (χ0v) is 14.7. The maximum atomic E-state index is 12.7. The summed E-state index contributed by atoms with van der Waals surface area (Å²) >= 11 is 0. The molecule has 7 heteroatoms. The number of nitrogens with one attached hydrogen (secondary N) is 1. The molecule has 1 aromatic heterocycles. The fourth-order valence-electron chi connectivity index (χ4n) is 3.11. The summed E-state index contributed by atoms with van der Waals surface area (Å²) in [4.78, 5) is 36.6. The summed E-state index contributed by atoms with van der Waals surface area (Å²) in [6, 6.07) is 8.43. The van der Waals surface area contributed by atoms with Gasteiger partial charge in [0.1, 0.15) is 17.0 Å². The summed E-state index contributed by atoms with van der Waals surface area (Å²) < 4.78 is 8.09. The monoisotopic (exact) mass is 343 g/mol. The van der Waals surface area contributed by atoms with Gasteiger partial charge in [-0.3, -0.25) is 18.7 Å². The quantitative estimate of drug-likeness (QED) is 0.886. The Hall–Kier alpha value is -2.83. The van der Waals surface area contributed by atoms with Gasteiger partial charge in [0.2, 0.25) is 0 Å². The number of aromatic nitrogens is 2. The Balaban J connectivity index is 1.97. The zero-order chi connectivity index (χ0) is 18.4. The summed E-state index contributed by atoms with van der Waals surface area (Å²) in [6.07, 6.45) is 0.578. The van der Waals surface area contributed by atoms with Crippen molar-refractivity contribution in [3.05, 3.63) is 62.4 Å². The van der Waals surface area contributed by atoms with Crippen LogP contribution in [0.25, 0.3) is 0 Å². The SMILES string of the molecule is Cn1c(C(=O)N[C@H]2CC(C)(C)Oc3ccccc32)cc(=O)n(C)c1=O. The molecule has 132 valence electrons. The average molecular weight is 343 g/mol. The van der Waals surface area contributed by atoms with E-state index in [1.807, 2.05) is 38.1 Å². The standard InChI is InChI=1S/C18H21N3O4/c1-18(2)10-12(11-7-5-6-8-14(11)25-18)19-16(23)13-9-15(22)21(4)17(24)20(13)3/h5-9,12H,10H2,1-4H3,(H,19,23)/t12-/m0/s1. The van der Waals surface area contributed by atoms with Gasteiger partial charge >= 0.3 is 5.69 Å². The molecule has 0 spiro atoms. The van der Waals surface area contributed by atoms with Crippen molar-refractivity contribution >= 4 is 5.91 Å². The number of para-hydroxylation sites is 1. The van der Waals surface area contributed by atoms with E-state index in [2.05, 4.69) is 5.32 Å². The van der Waals surface area contributed by atoms with Crippen molar-refractivity contribution < 1.29 is 9.53 Å². The molecule has 0 unspecified atom stereocenters. The van der Waals surface area contributed by atoms with Crippen LogP contribution in [0.1, 0.15) is 42.4 Å². The number of carbonyl (C=O) groups is 1. The number of hydrogen-bond acceptors (Lipinski definition) is 4. The van der Waals surface area contributed by atoms with Crippen molar-refractivity contribution in [3.63, 3.8) is 0 Å². The smallest absolute Gasteiger partial charge is 0.331 e. The van der Waals surface area contributed by atoms with E-state index in [-0.39, 0.29) is 11.7 Å². The van der Waals surface area contributed by atoms with E-state index in [4.69, 9.17) is 4.74 Å². The van der Waals surface area contributed by atoms with Crippen LogP contribution in [0.4, 0.5) is 0 Å². The molecule has 2 aromatic rings. The van der Waals surface area contributed by atoms with Gasteiger partial charge in [-0.15, -0.1) is 0 Å². The second-order valence-corrected chi connectivity index (χ2v) is 6.90. The van der Waals surface area contributed by atoms with E-state index in [1.165, 1.54) is 24.7 Å². The Bertz CT molecular complexity index is 956. The molecule has 2 heterocycles. The lowest BCUT2D eigenvalue weighted by molar-refractivity contribution is 0.0617. The van der Waals surface area contributed by atoms with E-state index in [0.29, 0.717) is 6.42 Å². The minimum Gasteiger partial charge on any atom is -0.487 e. The highest BCUT2D eigenvalue weighted by Crippen LogP contribution is 2.39. The number of hydrogen-bond donors (Lipinski definition) is 1. The van der Waals surface area contributed by atoms with Gasteiger partial charge < -0.3 is 10.1 Å². The van der Waals surface area contributed by atoms with Crippen LogP contribution < -0.4 is 21.3 Å². The van der Waals surface area contributed by atoms with E-state index < -0.39 is 22.8 Å². The molecule has 0 saturated carbocycles. The van der Waals surface area contributed by atoms with E-state index >= 15 is 0 Å². The molecule has 1 amide bonds. The Morgan fingerprint density at radius 3 is 2.60 bits per heavy atom. The minimum absolute atomic E-state index is 0.0369. The Kier molecular flexibility index (Phi) is 4.02. The van der Waals surface area contributed by atoms with Gasteiger partial charge in [0, 0.05) is 32.1 Å². The van der Waals surface area contributed by atoms with Gasteiger partial charge in [0.15, 0.2) is 0 Å². The number of carbonyl (C=O) groups excluding carboxylic acids is 1. The first-order valence-electron chi connectivity index (χ1n) is 8.05. The van der Waals surface area contributed by atoms with Crippen LogP contribution in [0.5, 0.6) is 5.75 Å². The van der Waals surface area contributed by atoms with Crippen LogP contribution in [0.2, 0.25) is 0 Å². The molecule has 1 aromatic carbocycles. The third kappa shape index (κ3) is 3.09. The predicted molar refractivity (Wildman–Crippen MR) is 92.9 cm³/mol. The molecular weight excluding hydrogens is 322 g/mol. The lowest BCUT2D eigenvalue weighted by Crippen LogP contribution is -2.44. The van der Waals surface area contributed by atoms with Gasteiger partial charge in [0.25, 0.3) is 11.5 Å². The van der Waals surface area contributed by atoms with E-state index in [0.717, 1.165) is 15.9 Å². The Labute approximate surface area is 144 Å². The third-order valence-electron chi connectivity index (χ3n) is 4.44. The molecule has 0 aliphatic carbocycles. The molecule has 3 rings (SSSR count). The molecule has 0 bridgehead atoms.